The highest BCUT2D eigenvalue weighted by Crippen LogP contribution is 2.36. The normalized spacial score (nSPS) is 21.9. The molecular weight excluding hydrogens is 372 g/mol. The lowest BCUT2D eigenvalue weighted by atomic mass is 9.90. The Hall–Kier alpha value is -1.89. The monoisotopic (exact) mass is 402 g/mol. The molecule has 0 spiro atoms. The van der Waals surface area contributed by atoms with Crippen molar-refractivity contribution in [2.45, 2.75) is 56.9 Å². The molecule has 3 rings (SSSR count). The number of anilines is 1. The van der Waals surface area contributed by atoms with Crippen molar-refractivity contribution in [3.05, 3.63) is 65.2 Å². The molecule has 2 atom stereocenters. The van der Waals surface area contributed by atoms with Crippen molar-refractivity contribution in [2.75, 3.05) is 12.3 Å². The van der Waals surface area contributed by atoms with E-state index >= 15 is 0 Å². The summed E-state index contributed by atoms with van der Waals surface area (Å²) in [5, 5.41) is 10.1. The summed E-state index contributed by atoms with van der Waals surface area (Å²) in [6.45, 7) is 4.56. The molecule has 0 saturated carbocycles. The maximum Gasteiger partial charge on any atom is 0.221 e. The van der Waals surface area contributed by atoms with Crippen LogP contribution in [0, 0.1) is 0 Å². The molecular formula is C22H30N2O3S. The molecule has 3 N–H and O–H groups in total. The summed E-state index contributed by atoms with van der Waals surface area (Å²) in [5.74, 6) is 0. The first kappa shape index (κ1) is 20.8. The van der Waals surface area contributed by atoms with E-state index in [-0.39, 0.29) is 6.54 Å². The molecule has 1 aliphatic rings. The zero-order chi connectivity index (χ0) is 20.4. The van der Waals surface area contributed by atoms with Crippen LogP contribution in [0.5, 0.6) is 0 Å². The number of nitrogen functional groups attached to an aromatic ring is 1. The van der Waals surface area contributed by atoms with Gasteiger partial charge in [-0.25, -0.2) is 8.42 Å². The molecule has 2 aromatic carbocycles. The summed E-state index contributed by atoms with van der Waals surface area (Å²) in [6, 6.07) is 14.9. The van der Waals surface area contributed by atoms with Crippen LogP contribution in [0.15, 0.2) is 48.5 Å². The van der Waals surface area contributed by atoms with E-state index in [4.69, 9.17) is 5.73 Å². The number of hydrogen-bond donors (Lipinski definition) is 2. The van der Waals surface area contributed by atoms with Crippen LogP contribution in [0.25, 0.3) is 0 Å². The predicted molar refractivity (Wildman–Crippen MR) is 113 cm³/mol. The van der Waals surface area contributed by atoms with Crippen molar-refractivity contribution >= 4 is 15.7 Å². The van der Waals surface area contributed by atoms with E-state index in [1.54, 1.807) is 17.3 Å². The summed E-state index contributed by atoms with van der Waals surface area (Å²) in [7, 11) is -3.45. The van der Waals surface area contributed by atoms with Crippen LogP contribution >= 0.6 is 0 Å². The highest BCUT2D eigenvalue weighted by Gasteiger charge is 2.37. The standard InChI is InChI=1S/C22H30N2O3S/c1-3-13-22(2,25)19-12-11-18(20(23)15-19)16-24-14-7-10-21(28(24,26)27)17-8-5-4-6-9-17/h4-6,8-9,11-12,15,21,25H,3,7,10,13-14,16,23H2,1-2H3/t21-,22?/m1/s1. The fraction of sp³-hybridized carbons (Fsp3) is 0.455. The minimum Gasteiger partial charge on any atom is -0.398 e. The molecule has 1 saturated heterocycles. The molecule has 0 aromatic heterocycles. The minimum absolute atomic E-state index is 0.258. The van der Waals surface area contributed by atoms with Gasteiger partial charge in [-0.15, -0.1) is 0 Å². The maximum atomic E-state index is 13.2. The van der Waals surface area contributed by atoms with E-state index in [0.29, 0.717) is 25.1 Å². The number of rotatable bonds is 6. The molecule has 152 valence electrons. The van der Waals surface area contributed by atoms with Gasteiger partial charge in [0.25, 0.3) is 0 Å². The first-order valence-corrected chi connectivity index (χ1v) is 11.4. The SMILES string of the molecule is CCCC(C)(O)c1ccc(CN2CCC[C@H](c3ccccc3)S2(=O)=O)c(N)c1. The number of aliphatic hydroxyl groups is 1. The average molecular weight is 403 g/mol. The molecule has 6 heteroatoms. The van der Waals surface area contributed by atoms with Gasteiger partial charge in [-0.2, -0.15) is 4.31 Å². The highest BCUT2D eigenvalue weighted by molar-refractivity contribution is 7.89. The van der Waals surface area contributed by atoms with E-state index < -0.39 is 20.9 Å². The van der Waals surface area contributed by atoms with Crippen LogP contribution in [0.2, 0.25) is 0 Å². The molecule has 5 nitrogen and oxygen atoms in total. The number of benzene rings is 2. The zero-order valence-electron chi connectivity index (χ0n) is 16.6. The molecule has 0 radical (unpaired) electrons. The van der Waals surface area contributed by atoms with Gasteiger partial charge in [-0.1, -0.05) is 55.8 Å². The Kier molecular flexibility index (Phi) is 6.12. The Bertz CT molecular complexity index is 911. The van der Waals surface area contributed by atoms with Gasteiger partial charge >= 0.3 is 0 Å². The second-order valence-corrected chi connectivity index (χ2v) is 9.97. The van der Waals surface area contributed by atoms with Gasteiger partial charge in [-0.3, -0.25) is 0 Å². The smallest absolute Gasteiger partial charge is 0.221 e. The van der Waals surface area contributed by atoms with Gasteiger partial charge < -0.3 is 10.8 Å². The van der Waals surface area contributed by atoms with Crippen molar-refractivity contribution in [3.8, 4) is 0 Å². The van der Waals surface area contributed by atoms with Crippen molar-refractivity contribution in [2.24, 2.45) is 0 Å². The topological polar surface area (TPSA) is 83.6 Å². The summed E-state index contributed by atoms with van der Waals surface area (Å²) in [6.07, 6.45) is 2.96. The fourth-order valence-electron chi connectivity index (χ4n) is 3.98. The average Bonchev–Trinajstić information content (AvgIpc) is 2.65. The Morgan fingerprint density at radius 1 is 1.21 bits per heavy atom. The van der Waals surface area contributed by atoms with E-state index in [2.05, 4.69) is 0 Å². The van der Waals surface area contributed by atoms with Crippen LogP contribution in [0.4, 0.5) is 5.69 Å². The lowest BCUT2D eigenvalue weighted by molar-refractivity contribution is 0.0470. The largest absolute Gasteiger partial charge is 0.398 e. The minimum atomic E-state index is -3.45. The zero-order valence-corrected chi connectivity index (χ0v) is 17.5. The quantitative estimate of drug-likeness (QED) is 0.717. The molecule has 2 aromatic rings. The summed E-state index contributed by atoms with van der Waals surface area (Å²) < 4.78 is 27.9. The van der Waals surface area contributed by atoms with E-state index in [1.807, 2.05) is 49.4 Å². The molecule has 0 amide bonds. The van der Waals surface area contributed by atoms with Gasteiger partial charge in [0, 0.05) is 18.8 Å². The Morgan fingerprint density at radius 3 is 2.57 bits per heavy atom. The van der Waals surface area contributed by atoms with Crippen molar-refractivity contribution in [1.82, 2.24) is 4.31 Å². The third kappa shape index (κ3) is 4.24. The molecule has 1 aliphatic heterocycles. The van der Waals surface area contributed by atoms with Gasteiger partial charge in [-0.05, 0) is 48.9 Å². The maximum absolute atomic E-state index is 13.2. The first-order valence-electron chi connectivity index (χ1n) is 9.91. The van der Waals surface area contributed by atoms with Gasteiger partial charge in [0.1, 0.15) is 5.25 Å². The third-order valence-corrected chi connectivity index (χ3v) is 7.87. The molecule has 1 unspecified atom stereocenters. The van der Waals surface area contributed by atoms with Crippen LogP contribution in [0.1, 0.15) is 61.5 Å². The molecule has 28 heavy (non-hydrogen) atoms. The Balaban J connectivity index is 1.83. The fourth-order valence-corrected chi connectivity index (χ4v) is 6.01. The predicted octanol–water partition coefficient (Wildman–Crippen LogP) is 3.94. The van der Waals surface area contributed by atoms with Crippen LogP contribution in [-0.2, 0) is 22.2 Å². The number of nitrogens with two attached hydrogens (primary N) is 1. The number of nitrogens with zero attached hydrogens (tertiary/aromatic N) is 1. The summed E-state index contributed by atoms with van der Waals surface area (Å²) >= 11 is 0. The number of hydrogen-bond acceptors (Lipinski definition) is 4. The van der Waals surface area contributed by atoms with E-state index in [0.717, 1.165) is 29.5 Å². The summed E-state index contributed by atoms with van der Waals surface area (Å²) in [4.78, 5) is 0. The van der Waals surface area contributed by atoms with Crippen molar-refractivity contribution in [3.63, 3.8) is 0 Å². The van der Waals surface area contributed by atoms with E-state index in [1.165, 1.54) is 0 Å². The lowest BCUT2D eigenvalue weighted by Gasteiger charge is -2.33. The molecule has 1 fully saturated rings. The first-order chi connectivity index (χ1) is 13.3. The molecule has 1 heterocycles. The van der Waals surface area contributed by atoms with Gasteiger partial charge in [0.05, 0.1) is 5.60 Å². The van der Waals surface area contributed by atoms with Crippen molar-refractivity contribution < 1.29 is 13.5 Å². The highest BCUT2D eigenvalue weighted by atomic mass is 32.2. The summed E-state index contributed by atoms with van der Waals surface area (Å²) in [5.41, 5.74) is 8.19. The second-order valence-electron chi connectivity index (χ2n) is 7.86. The van der Waals surface area contributed by atoms with E-state index in [9.17, 15) is 13.5 Å². The van der Waals surface area contributed by atoms with Crippen LogP contribution in [-0.4, -0.2) is 24.4 Å². The van der Waals surface area contributed by atoms with Crippen LogP contribution in [0.3, 0.4) is 0 Å². The molecule has 0 bridgehead atoms. The Labute approximate surface area is 168 Å². The van der Waals surface area contributed by atoms with Gasteiger partial charge in [0.15, 0.2) is 0 Å². The van der Waals surface area contributed by atoms with Crippen LogP contribution < -0.4 is 5.73 Å². The van der Waals surface area contributed by atoms with Crippen molar-refractivity contribution in [1.29, 1.82) is 0 Å². The Morgan fingerprint density at radius 2 is 1.93 bits per heavy atom. The molecule has 0 aliphatic carbocycles. The van der Waals surface area contributed by atoms with Gasteiger partial charge in [0.2, 0.25) is 10.0 Å². The second kappa shape index (κ2) is 8.23. The number of sulfonamides is 1. The third-order valence-electron chi connectivity index (χ3n) is 5.62. The lowest BCUT2D eigenvalue weighted by Crippen LogP contribution is -2.39.